The summed E-state index contributed by atoms with van der Waals surface area (Å²) in [6.07, 6.45) is 0. The highest BCUT2D eigenvalue weighted by molar-refractivity contribution is 5.60. The highest BCUT2D eigenvalue weighted by atomic mass is 19.1. The van der Waals surface area contributed by atoms with Crippen LogP contribution in [0.3, 0.4) is 0 Å². The molecule has 1 aliphatic rings. The number of nitriles is 3. The molecule has 0 fully saturated rings. The van der Waals surface area contributed by atoms with E-state index in [4.69, 9.17) is 15.3 Å². The second-order valence-electron chi connectivity index (χ2n) is 6.80. The third-order valence-electron chi connectivity index (χ3n) is 4.02. The van der Waals surface area contributed by atoms with E-state index < -0.39 is 22.7 Å². The molecule has 126 valence electrons. The van der Waals surface area contributed by atoms with Crippen LogP contribution >= 0.6 is 0 Å². The second kappa shape index (κ2) is 6.04. The van der Waals surface area contributed by atoms with Crippen LogP contribution in [0.5, 0.6) is 0 Å². The molecule has 0 amide bonds. The summed E-state index contributed by atoms with van der Waals surface area (Å²) in [5.74, 6) is -1.75. The third kappa shape index (κ3) is 2.86. The van der Waals surface area contributed by atoms with Crippen molar-refractivity contribution >= 4 is 0 Å². The number of benzene rings is 1. The minimum Gasteiger partial charge on any atom is -0.475 e. The molecule has 0 aromatic heterocycles. The van der Waals surface area contributed by atoms with Gasteiger partial charge in [0.2, 0.25) is 0 Å². The van der Waals surface area contributed by atoms with Gasteiger partial charge < -0.3 is 4.74 Å². The molecule has 1 aromatic rings. The number of halogens is 2. The summed E-state index contributed by atoms with van der Waals surface area (Å²) in [4.78, 5) is 0. The Morgan fingerprint density at radius 3 is 2.16 bits per heavy atom. The van der Waals surface area contributed by atoms with Crippen LogP contribution in [-0.4, -0.2) is 0 Å². The van der Waals surface area contributed by atoms with Crippen molar-refractivity contribution in [3.05, 3.63) is 57.9 Å². The van der Waals surface area contributed by atoms with Crippen molar-refractivity contribution in [2.24, 2.45) is 5.41 Å². The minimum absolute atomic E-state index is 0.0248. The van der Waals surface area contributed by atoms with Crippen molar-refractivity contribution in [2.45, 2.75) is 33.3 Å². The summed E-state index contributed by atoms with van der Waals surface area (Å²) in [7, 11) is 0. The van der Waals surface area contributed by atoms with Gasteiger partial charge in [-0.25, -0.2) is 8.78 Å². The van der Waals surface area contributed by atoms with E-state index in [9.17, 15) is 14.0 Å². The number of nitrogens with zero attached hydrogens (tertiary/aromatic N) is 3. The van der Waals surface area contributed by atoms with Gasteiger partial charge in [-0.3, -0.25) is 0 Å². The summed E-state index contributed by atoms with van der Waals surface area (Å²) in [6, 6.07) is 8.43. The predicted octanol–water partition coefficient (Wildman–Crippen LogP) is 4.38. The Bertz CT molecular complexity index is 917. The van der Waals surface area contributed by atoms with Crippen molar-refractivity contribution in [1.29, 1.82) is 15.8 Å². The van der Waals surface area contributed by atoms with Crippen LogP contribution in [0, 0.1) is 51.0 Å². The van der Waals surface area contributed by atoms with E-state index in [-0.39, 0.29) is 22.5 Å². The standard InChI is InChI=1S/C19H15F2N3O/c1-18(2,3)17-13(10-24)16(11(8-22)9-23)25-19(17,4)14-6-5-12(20)7-15(14)21/h5-7H,1-4H3. The smallest absolute Gasteiger partial charge is 0.172 e. The topological polar surface area (TPSA) is 80.6 Å². The third-order valence-corrected chi connectivity index (χ3v) is 4.02. The highest BCUT2D eigenvalue weighted by Gasteiger charge is 2.50. The quantitative estimate of drug-likeness (QED) is 0.711. The minimum atomic E-state index is -1.45. The fourth-order valence-electron chi connectivity index (χ4n) is 3.22. The fourth-order valence-corrected chi connectivity index (χ4v) is 3.22. The molecule has 1 atom stereocenters. The zero-order valence-corrected chi connectivity index (χ0v) is 14.2. The van der Waals surface area contributed by atoms with Gasteiger partial charge >= 0.3 is 0 Å². The van der Waals surface area contributed by atoms with Gasteiger partial charge in [0.15, 0.2) is 16.9 Å². The molecule has 0 bridgehead atoms. The maximum atomic E-state index is 14.5. The first-order chi connectivity index (χ1) is 11.6. The van der Waals surface area contributed by atoms with Crippen LogP contribution in [0.25, 0.3) is 0 Å². The Morgan fingerprint density at radius 1 is 1.12 bits per heavy atom. The molecule has 0 N–H and O–H groups in total. The Hall–Kier alpha value is -3.17. The first-order valence-corrected chi connectivity index (χ1v) is 7.45. The largest absolute Gasteiger partial charge is 0.475 e. The molecule has 0 aliphatic carbocycles. The molecular formula is C19H15F2N3O. The van der Waals surface area contributed by atoms with Crippen molar-refractivity contribution in [1.82, 2.24) is 0 Å². The fraction of sp³-hybridized carbons (Fsp3) is 0.316. The normalized spacial score (nSPS) is 19.7. The van der Waals surface area contributed by atoms with Crippen molar-refractivity contribution in [3.63, 3.8) is 0 Å². The number of hydrogen-bond acceptors (Lipinski definition) is 4. The van der Waals surface area contributed by atoms with Gasteiger partial charge in [-0.05, 0) is 24.5 Å². The molecule has 1 unspecified atom stereocenters. The monoisotopic (exact) mass is 339 g/mol. The van der Waals surface area contributed by atoms with Crippen molar-refractivity contribution in [2.75, 3.05) is 0 Å². The molecule has 0 radical (unpaired) electrons. The van der Waals surface area contributed by atoms with Crippen LogP contribution in [0.2, 0.25) is 0 Å². The van der Waals surface area contributed by atoms with Gasteiger partial charge in [0, 0.05) is 17.2 Å². The molecule has 0 spiro atoms. The molecule has 6 heteroatoms. The van der Waals surface area contributed by atoms with Crippen LogP contribution in [0.1, 0.15) is 33.3 Å². The Morgan fingerprint density at radius 2 is 1.72 bits per heavy atom. The summed E-state index contributed by atoms with van der Waals surface area (Å²) >= 11 is 0. The molecule has 2 rings (SSSR count). The lowest BCUT2D eigenvalue weighted by atomic mass is 9.72. The van der Waals surface area contributed by atoms with Gasteiger partial charge in [0.25, 0.3) is 0 Å². The molecule has 1 heterocycles. The number of ether oxygens (including phenoxy) is 1. The first-order valence-electron chi connectivity index (χ1n) is 7.45. The number of hydrogen-bond donors (Lipinski definition) is 0. The summed E-state index contributed by atoms with van der Waals surface area (Å²) in [5.41, 5.74) is -1.99. The van der Waals surface area contributed by atoms with E-state index in [1.54, 1.807) is 19.1 Å². The SMILES string of the molecule is CC(C)(C)C1=C(C#N)C(=C(C#N)C#N)OC1(C)c1ccc(F)cc1F. The van der Waals surface area contributed by atoms with Gasteiger partial charge in [0.05, 0.1) is 0 Å². The van der Waals surface area contributed by atoms with Gasteiger partial charge in [0.1, 0.15) is 35.4 Å². The van der Waals surface area contributed by atoms with Crippen LogP contribution in [-0.2, 0) is 10.3 Å². The van der Waals surface area contributed by atoms with Crippen LogP contribution in [0.4, 0.5) is 8.78 Å². The first kappa shape index (κ1) is 18.2. The maximum absolute atomic E-state index is 14.5. The van der Waals surface area contributed by atoms with E-state index >= 15 is 0 Å². The zero-order chi connectivity index (χ0) is 19.0. The molecule has 4 nitrogen and oxygen atoms in total. The zero-order valence-electron chi connectivity index (χ0n) is 14.2. The molecular weight excluding hydrogens is 324 g/mol. The Balaban J connectivity index is 2.91. The van der Waals surface area contributed by atoms with Gasteiger partial charge in [-0.1, -0.05) is 20.8 Å². The summed E-state index contributed by atoms with van der Waals surface area (Å²) < 4.78 is 33.6. The van der Waals surface area contributed by atoms with Crippen molar-refractivity contribution in [3.8, 4) is 18.2 Å². The average molecular weight is 339 g/mol. The molecule has 1 aliphatic heterocycles. The second-order valence-corrected chi connectivity index (χ2v) is 6.80. The lowest BCUT2D eigenvalue weighted by molar-refractivity contribution is 0.0551. The molecule has 25 heavy (non-hydrogen) atoms. The van der Waals surface area contributed by atoms with Crippen LogP contribution < -0.4 is 0 Å². The molecule has 0 saturated carbocycles. The van der Waals surface area contributed by atoms with E-state index in [0.29, 0.717) is 5.57 Å². The maximum Gasteiger partial charge on any atom is 0.172 e. The summed E-state index contributed by atoms with van der Waals surface area (Å²) in [6.45, 7) is 6.97. The van der Waals surface area contributed by atoms with Crippen molar-refractivity contribution < 1.29 is 13.5 Å². The lowest BCUT2D eigenvalue weighted by Gasteiger charge is -2.35. The van der Waals surface area contributed by atoms with E-state index in [1.165, 1.54) is 6.07 Å². The van der Waals surface area contributed by atoms with E-state index in [1.807, 2.05) is 26.8 Å². The summed E-state index contributed by atoms with van der Waals surface area (Å²) in [5, 5.41) is 27.9. The predicted molar refractivity (Wildman–Crippen MR) is 85.1 cm³/mol. The Labute approximate surface area is 144 Å². The van der Waals surface area contributed by atoms with Gasteiger partial charge in [-0.2, -0.15) is 15.8 Å². The van der Waals surface area contributed by atoms with E-state index in [2.05, 4.69) is 0 Å². The highest BCUT2D eigenvalue weighted by Crippen LogP contribution is 2.53. The number of rotatable bonds is 1. The number of allylic oxidation sites excluding steroid dienone is 2. The van der Waals surface area contributed by atoms with Crippen LogP contribution in [0.15, 0.2) is 40.7 Å². The van der Waals surface area contributed by atoms with Gasteiger partial charge in [-0.15, -0.1) is 0 Å². The molecule has 1 aromatic carbocycles. The van der Waals surface area contributed by atoms with E-state index in [0.717, 1.165) is 12.1 Å². The average Bonchev–Trinajstić information content (AvgIpc) is 2.82. The lowest BCUT2D eigenvalue weighted by Crippen LogP contribution is -2.32. The molecule has 0 saturated heterocycles. The Kier molecular flexibility index (Phi) is 4.39.